The number of rotatable bonds is 9. The molecule has 0 aromatic rings. The van der Waals surface area contributed by atoms with E-state index in [0.717, 1.165) is 19.3 Å². The van der Waals surface area contributed by atoms with Crippen molar-refractivity contribution in [1.82, 2.24) is 0 Å². The summed E-state index contributed by atoms with van der Waals surface area (Å²) in [5.41, 5.74) is 0. The highest BCUT2D eigenvalue weighted by atomic mass is 31.2. The predicted molar refractivity (Wildman–Crippen MR) is 56.0 cm³/mol. The van der Waals surface area contributed by atoms with Crippen LogP contribution in [0.25, 0.3) is 0 Å². The zero-order valence-corrected chi connectivity index (χ0v) is 9.71. The standard InChI is InChI=1S/C9H21O4P/c1-2-3-4-5-6-7-8-9-13-14(10,11)12/h2-9H2,1H3,(H2,10,11,12). The summed E-state index contributed by atoms with van der Waals surface area (Å²) in [5, 5.41) is 0. The molecule has 0 aromatic heterocycles. The van der Waals surface area contributed by atoms with Gasteiger partial charge in [-0.15, -0.1) is 0 Å². The maximum absolute atomic E-state index is 10.3. The Labute approximate surface area is 85.9 Å². The van der Waals surface area contributed by atoms with Gasteiger partial charge in [0.15, 0.2) is 0 Å². The van der Waals surface area contributed by atoms with Gasteiger partial charge in [0, 0.05) is 0 Å². The molecule has 86 valence electrons. The first kappa shape index (κ1) is 14.1. The van der Waals surface area contributed by atoms with Gasteiger partial charge >= 0.3 is 7.82 Å². The van der Waals surface area contributed by atoms with E-state index in [0.29, 0.717) is 0 Å². The molecule has 5 heteroatoms. The van der Waals surface area contributed by atoms with Crippen LogP contribution in [0, 0.1) is 0 Å². The lowest BCUT2D eigenvalue weighted by atomic mass is 10.1. The Kier molecular flexibility index (Phi) is 8.49. The first-order valence-electron chi connectivity index (χ1n) is 5.26. The van der Waals surface area contributed by atoms with Crippen molar-refractivity contribution in [2.75, 3.05) is 6.61 Å². The van der Waals surface area contributed by atoms with Gasteiger partial charge in [-0.2, -0.15) is 0 Å². The van der Waals surface area contributed by atoms with Gasteiger partial charge in [-0.25, -0.2) is 4.57 Å². The Morgan fingerprint density at radius 2 is 1.50 bits per heavy atom. The molecule has 0 fully saturated rings. The number of phosphoric acid groups is 1. The van der Waals surface area contributed by atoms with Gasteiger partial charge in [0.2, 0.25) is 0 Å². The van der Waals surface area contributed by atoms with Gasteiger partial charge in [-0.05, 0) is 6.42 Å². The topological polar surface area (TPSA) is 66.8 Å². The molecule has 0 rings (SSSR count). The minimum atomic E-state index is -4.23. The summed E-state index contributed by atoms with van der Waals surface area (Å²) < 4.78 is 14.6. The fraction of sp³-hybridized carbons (Fsp3) is 1.00. The fourth-order valence-corrected chi connectivity index (χ4v) is 1.61. The molecule has 0 unspecified atom stereocenters. The van der Waals surface area contributed by atoms with E-state index in [4.69, 9.17) is 9.79 Å². The van der Waals surface area contributed by atoms with E-state index in [9.17, 15) is 4.57 Å². The van der Waals surface area contributed by atoms with Crippen LogP contribution >= 0.6 is 7.82 Å². The molecule has 0 radical (unpaired) electrons. The summed E-state index contributed by atoms with van der Waals surface area (Å²) in [7, 11) is -4.23. The fourth-order valence-electron chi connectivity index (χ4n) is 1.24. The van der Waals surface area contributed by atoms with E-state index >= 15 is 0 Å². The molecule has 14 heavy (non-hydrogen) atoms. The summed E-state index contributed by atoms with van der Waals surface area (Å²) in [6.07, 6.45) is 7.84. The Bertz CT molecular complexity index is 166. The Morgan fingerprint density at radius 1 is 1.00 bits per heavy atom. The lowest BCUT2D eigenvalue weighted by Gasteiger charge is -2.04. The SMILES string of the molecule is CCCCCCCCCOP(=O)(O)O. The molecule has 0 aliphatic rings. The average Bonchev–Trinajstić information content (AvgIpc) is 2.08. The van der Waals surface area contributed by atoms with Crippen molar-refractivity contribution in [2.24, 2.45) is 0 Å². The van der Waals surface area contributed by atoms with Crippen molar-refractivity contribution in [3.8, 4) is 0 Å². The molecular weight excluding hydrogens is 203 g/mol. The smallest absolute Gasteiger partial charge is 0.303 e. The molecule has 0 bridgehead atoms. The summed E-state index contributed by atoms with van der Waals surface area (Å²) in [6, 6.07) is 0. The number of hydrogen-bond acceptors (Lipinski definition) is 2. The van der Waals surface area contributed by atoms with Gasteiger partial charge in [0.1, 0.15) is 0 Å². The maximum atomic E-state index is 10.3. The van der Waals surface area contributed by atoms with Crippen molar-refractivity contribution in [3.05, 3.63) is 0 Å². The second kappa shape index (κ2) is 8.42. The van der Waals surface area contributed by atoms with Crippen molar-refractivity contribution in [2.45, 2.75) is 51.9 Å². The van der Waals surface area contributed by atoms with Crippen LogP contribution in [0.15, 0.2) is 0 Å². The van der Waals surface area contributed by atoms with Crippen LogP contribution in [0.4, 0.5) is 0 Å². The summed E-state index contributed by atoms with van der Waals surface area (Å²) in [4.78, 5) is 16.8. The van der Waals surface area contributed by atoms with Crippen molar-refractivity contribution < 1.29 is 18.9 Å². The third kappa shape index (κ3) is 12.1. The first-order chi connectivity index (χ1) is 6.56. The second-order valence-corrected chi connectivity index (χ2v) is 4.68. The molecule has 0 atom stereocenters. The number of hydrogen-bond donors (Lipinski definition) is 2. The van der Waals surface area contributed by atoms with Crippen molar-refractivity contribution in [1.29, 1.82) is 0 Å². The maximum Gasteiger partial charge on any atom is 0.469 e. The largest absolute Gasteiger partial charge is 0.469 e. The van der Waals surface area contributed by atoms with Gasteiger partial charge in [-0.3, -0.25) is 4.52 Å². The summed E-state index contributed by atoms with van der Waals surface area (Å²) >= 11 is 0. The zero-order chi connectivity index (χ0) is 10.9. The molecule has 4 nitrogen and oxygen atoms in total. The lowest BCUT2D eigenvalue weighted by molar-refractivity contribution is 0.193. The van der Waals surface area contributed by atoms with Gasteiger partial charge in [0.25, 0.3) is 0 Å². The third-order valence-electron chi connectivity index (χ3n) is 2.01. The molecule has 0 heterocycles. The van der Waals surface area contributed by atoms with Crippen LogP contribution in [0.2, 0.25) is 0 Å². The van der Waals surface area contributed by atoms with Crippen molar-refractivity contribution >= 4 is 7.82 Å². The third-order valence-corrected chi connectivity index (χ3v) is 2.53. The molecule has 0 aliphatic heterocycles. The number of unbranched alkanes of at least 4 members (excludes halogenated alkanes) is 6. The monoisotopic (exact) mass is 224 g/mol. The van der Waals surface area contributed by atoms with Crippen LogP contribution in [0.3, 0.4) is 0 Å². The van der Waals surface area contributed by atoms with Crippen LogP contribution in [0.5, 0.6) is 0 Å². The van der Waals surface area contributed by atoms with Crippen LogP contribution in [-0.2, 0) is 9.09 Å². The van der Waals surface area contributed by atoms with E-state index in [1.54, 1.807) is 0 Å². The summed E-state index contributed by atoms with van der Waals surface area (Å²) in [6.45, 7) is 2.34. The van der Waals surface area contributed by atoms with Crippen LogP contribution in [0.1, 0.15) is 51.9 Å². The molecule has 0 saturated heterocycles. The molecule has 2 N–H and O–H groups in total. The lowest BCUT2D eigenvalue weighted by Crippen LogP contribution is -1.92. The van der Waals surface area contributed by atoms with E-state index < -0.39 is 7.82 Å². The molecule has 0 spiro atoms. The highest BCUT2D eigenvalue weighted by Gasteiger charge is 2.12. The predicted octanol–water partition coefficient (Wildman–Crippen LogP) is 2.85. The average molecular weight is 224 g/mol. The van der Waals surface area contributed by atoms with E-state index in [1.807, 2.05) is 0 Å². The van der Waals surface area contributed by atoms with Gasteiger partial charge < -0.3 is 9.79 Å². The van der Waals surface area contributed by atoms with Gasteiger partial charge in [-0.1, -0.05) is 45.4 Å². The quantitative estimate of drug-likeness (QED) is 0.467. The molecule has 0 aliphatic carbocycles. The molecule has 0 saturated carbocycles. The minimum Gasteiger partial charge on any atom is -0.303 e. The Hall–Kier alpha value is 0.110. The van der Waals surface area contributed by atoms with E-state index in [1.165, 1.54) is 25.7 Å². The van der Waals surface area contributed by atoms with Crippen LogP contribution < -0.4 is 0 Å². The van der Waals surface area contributed by atoms with E-state index in [-0.39, 0.29) is 6.61 Å². The minimum absolute atomic E-state index is 0.165. The van der Waals surface area contributed by atoms with Crippen molar-refractivity contribution in [3.63, 3.8) is 0 Å². The molecule has 0 amide bonds. The van der Waals surface area contributed by atoms with E-state index in [2.05, 4.69) is 11.4 Å². The van der Waals surface area contributed by atoms with Gasteiger partial charge in [0.05, 0.1) is 6.61 Å². The zero-order valence-electron chi connectivity index (χ0n) is 8.81. The number of phosphoric ester groups is 1. The summed E-state index contributed by atoms with van der Waals surface area (Å²) in [5.74, 6) is 0. The normalized spacial score (nSPS) is 11.9. The Balaban J connectivity index is 3.03. The van der Waals surface area contributed by atoms with Crippen LogP contribution in [-0.4, -0.2) is 16.4 Å². The second-order valence-electron chi connectivity index (χ2n) is 3.45. The molecular formula is C9H21O4P. The highest BCUT2D eigenvalue weighted by Crippen LogP contribution is 2.35. The Morgan fingerprint density at radius 3 is 2.00 bits per heavy atom. The highest BCUT2D eigenvalue weighted by molar-refractivity contribution is 7.46. The molecule has 0 aromatic carbocycles. The first-order valence-corrected chi connectivity index (χ1v) is 6.79.